The van der Waals surface area contributed by atoms with Crippen molar-refractivity contribution in [2.75, 3.05) is 19.7 Å². The zero-order valence-corrected chi connectivity index (χ0v) is 11.6. The van der Waals surface area contributed by atoms with Crippen LogP contribution in [-0.4, -0.2) is 40.6 Å². The van der Waals surface area contributed by atoms with Crippen LogP contribution in [0.1, 0.15) is 12.5 Å². The summed E-state index contributed by atoms with van der Waals surface area (Å²) in [6.45, 7) is 2.86. The third kappa shape index (κ3) is 3.08. The van der Waals surface area contributed by atoms with E-state index in [1.165, 1.54) is 0 Å². The van der Waals surface area contributed by atoms with E-state index in [9.17, 15) is 4.79 Å². The lowest BCUT2D eigenvalue weighted by molar-refractivity contribution is -0.130. The number of halogens is 1. The van der Waals surface area contributed by atoms with Crippen molar-refractivity contribution in [3.8, 4) is 0 Å². The van der Waals surface area contributed by atoms with Crippen LogP contribution >= 0.6 is 11.6 Å². The Kier molecular flexibility index (Phi) is 4.45. The zero-order chi connectivity index (χ0) is 13.8. The number of fused-ring (bicyclic) bond motifs is 1. The van der Waals surface area contributed by atoms with Gasteiger partial charge in [0, 0.05) is 35.2 Å². The lowest BCUT2D eigenvalue weighted by Crippen LogP contribution is -2.34. The van der Waals surface area contributed by atoms with Crippen molar-refractivity contribution in [1.29, 1.82) is 0 Å². The minimum absolute atomic E-state index is 0.0115. The molecule has 2 aromatic rings. The van der Waals surface area contributed by atoms with Crippen LogP contribution in [-0.2, 0) is 11.2 Å². The molecular formula is C14H17ClN2O2. The summed E-state index contributed by atoms with van der Waals surface area (Å²) in [5.41, 5.74) is 1.90. The Hall–Kier alpha value is -1.52. The van der Waals surface area contributed by atoms with Crippen LogP contribution < -0.4 is 0 Å². The van der Waals surface area contributed by atoms with E-state index >= 15 is 0 Å². The lowest BCUT2D eigenvalue weighted by Gasteiger charge is -2.19. The van der Waals surface area contributed by atoms with Crippen molar-refractivity contribution in [2.24, 2.45) is 0 Å². The quantitative estimate of drug-likeness (QED) is 0.882. The fourth-order valence-electron chi connectivity index (χ4n) is 2.15. The average molecular weight is 281 g/mol. The number of amides is 1. The van der Waals surface area contributed by atoms with E-state index in [4.69, 9.17) is 16.7 Å². The second-order valence-electron chi connectivity index (χ2n) is 4.38. The Bertz CT molecular complexity index is 580. The third-order valence-electron chi connectivity index (χ3n) is 3.18. The molecule has 0 spiro atoms. The molecule has 4 nitrogen and oxygen atoms in total. The summed E-state index contributed by atoms with van der Waals surface area (Å²) in [7, 11) is 0. The van der Waals surface area contributed by atoms with Gasteiger partial charge in [0.2, 0.25) is 5.91 Å². The minimum Gasteiger partial charge on any atom is -0.395 e. The molecule has 2 N–H and O–H groups in total. The average Bonchev–Trinajstić information content (AvgIpc) is 2.78. The molecule has 2 rings (SSSR count). The number of carbonyl (C=O) groups excluding carboxylic acids is 1. The molecule has 0 fully saturated rings. The number of benzene rings is 1. The first kappa shape index (κ1) is 13.9. The lowest BCUT2D eigenvalue weighted by atomic mass is 10.1. The molecule has 102 valence electrons. The van der Waals surface area contributed by atoms with Crippen molar-refractivity contribution in [3.05, 3.63) is 35.0 Å². The summed E-state index contributed by atoms with van der Waals surface area (Å²) in [6, 6.07) is 5.57. The van der Waals surface area contributed by atoms with E-state index in [-0.39, 0.29) is 12.5 Å². The Morgan fingerprint density at radius 1 is 1.47 bits per heavy atom. The number of nitrogens with zero attached hydrogens (tertiary/aromatic N) is 1. The number of likely N-dealkylation sites (N-methyl/N-ethyl adjacent to an activating group) is 1. The summed E-state index contributed by atoms with van der Waals surface area (Å²) in [4.78, 5) is 16.9. The van der Waals surface area contributed by atoms with Crippen LogP contribution in [0.15, 0.2) is 24.4 Å². The first-order valence-corrected chi connectivity index (χ1v) is 6.67. The van der Waals surface area contributed by atoms with Crippen molar-refractivity contribution < 1.29 is 9.90 Å². The smallest absolute Gasteiger partial charge is 0.227 e. The van der Waals surface area contributed by atoms with Gasteiger partial charge in [0.05, 0.1) is 13.0 Å². The molecule has 0 atom stereocenters. The van der Waals surface area contributed by atoms with Gasteiger partial charge >= 0.3 is 0 Å². The standard InChI is InChI=1S/C14H17ClN2O2/c1-2-17(5-6-18)14(19)7-10-9-16-13-4-3-11(15)8-12(10)13/h3-4,8-9,16,18H,2,5-7H2,1H3. The molecule has 0 radical (unpaired) electrons. The number of carbonyl (C=O) groups is 1. The van der Waals surface area contributed by atoms with E-state index in [2.05, 4.69) is 4.98 Å². The minimum atomic E-state index is -0.0146. The third-order valence-corrected chi connectivity index (χ3v) is 3.41. The Morgan fingerprint density at radius 2 is 2.26 bits per heavy atom. The summed E-state index contributed by atoms with van der Waals surface area (Å²) >= 11 is 5.98. The molecular weight excluding hydrogens is 264 g/mol. The van der Waals surface area contributed by atoms with Crippen LogP contribution in [0.5, 0.6) is 0 Å². The fraction of sp³-hybridized carbons (Fsp3) is 0.357. The molecule has 0 aliphatic carbocycles. The topological polar surface area (TPSA) is 56.3 Å². The predicted octanol–water partition coefficient (Wildman–Crippen LogP) is 2.20. The van der Waals surface area contributed by atoms with Crippen LogP contribution in [0.2, 0.25) is 5.02 Å². The molecule has 0 bridgehead atoms. The number of aliphatic hydroxyl groups is 1. The molecule has 0 aliphatic heterocycles. The van der Waals surface area contributed by atoms with E-state index < -0.39 is 0 Å². The number of hydrogen-bond acceptors (Lipinski definition) is 2. The highest BCUT2D eigenvalue weighted by Crippen LogP contribution is 2.23. The molecule has 1 aromatic heterocycles. The summed E-state index contributed by atoms with van der Waals surface area (Å²) < 4.78 is 0. The van der Waals surface area contributed by atoms with Crippen molar-refractivity contribution >= 4 is 28.4 Å². The Morgan fingerprint density at radius 3 is 2.95 bits per heavy atom. The molecule has 1 amide bonds. The number of rotatable bonds is 5. The van der Waals surface area contributed by atoms with E-state index in [1.807, 2.05) is 31.3 Å². The first-order valence-electron chi connectivity index (χ1n) is 6.29. The zero-order valence-electron chi connectivity index (χ0n) is 10.8. The van der Waals surface area contributed by atoms with Gasteiger partial charge in [0.15, 0.2) is 0 Å². The number of nitrogens with one attached hydrogen (secondary N) is 1. The number of aromatic nitrogens is 1. The van der Waals surface area contributed by atoms with E-state index in [0.29, 0.717) is 24.5 Å². The van der Waals surface area contributed by atoms with Crippen molar-refractivity contribution in [1.82, 2.24) is 9.88 Å². The summed E-state index contributed by atoms with van der Waals surface area (Å²) in [5.74, 6) is 0.0115. The first-order chi connectivity index (χ1) is 9.15. The van der Waals surface area contributed by atoms with Gasteiger partial charge in [-0.3, -0.25) is 4.79 Å². The predicted molar refractivity (Wildman–Crippen MR) is 76.4 cm³/mol. The highest BCUT2D eigenvalue weighted by Gasteiger charge is 2.14. The van der Waals surface area contributed by atoms with Gasteiger partial charge in [-0.2, -0.15) is 0 Å². The molecule has 1 aromatic carbocycles. The van der Waals surface area contributed by atoms with Crippen LogP contribution in [0, 0.1) is 0 Å². The number of H-pyrrole nitrogens is 1. The maximum Gasteiger partial charge on any atom is 0.227 e. The van der Waals surface area contributed by atoms with Gasteiger partial charge in [-0.05, 0) is 30.7 Å². The molecule has 5 heteroatoms. The van der Waals surface area contributed by atoms with Gasteiger partial charge in [0.25, 0.3) is 0 Å². The van der Waals surface area contributed by atoms with Crippen LogP contribution in [0.25, 0.3) is 10.9 Å². The number of aliphatic hydroxyl groups excluding tert-OH is 1. The SMILES string of the molecule is CCN(CCO)C(=O)Cc1c[nH]c2ccc(Cl)cc12. The molecule has 0 saturated heterocycles. The van der Waals surface area contributed by atoms with Gasteiger partial charge in [0.1, 0.15) is 0 Å². The highest BCUT2D eigenvalue weighted by molar-refractivity contribution is 6.31. The van der Waals surface area contributed by atoms with Gasteiger partial charge in [-0.25, -0.2) is 0 Å². The molecule has 0 saturated carbocycles. The summed E-state index contributed by atoms with van der Waals surface area (Å²) in [6.07, 6.45) is 2.15. The summed E-state index contributed by atoms with van der Waals surface area (Å²) in [5, 5.41) is 10.6. The van der Waals surface area contributed by atoms with E-state index in [0.717, 1.165) is 16.5 Å². The van der Waals surface area contributed by atoms with Gasteiger partial charge in [-0.15, -0.1) is 0 Å². The Labute approximate surface area is 117 Å². The second-order valence-corrected chi connectivity index (χ2v) is 4.81. The van der Waals surface area contributed by atoms with Crippen LogP contribution in [0.3, 0.4) is 0 Å². The normalized spacial score (nSPS) is 10.9. The molecule has 1 heterocycles. The monoisotopic (exact) mass is 280 g/mol. The number of aromatic amines is 1. The molecule has 0 unspecified atom stereocenters. The van der Waals surface area contributed by atoms with Gasteiger partial charge < -0.3 is 15.0 Å². The highest BCUT2D eigenvalue weighted by atomic mass is 35.5. The van der Waals surface area contributed by atoms with E-state index in [1.54, 1.807) is 4.90 Å². The fourth-order valence-corrected chi connectivity index (χ4v) is 2.32. The largest absolute Gasteiger partial charge is 0.395 e. The second kappa shape index (κ2) is 6.08. The van der Waals surface area contributed by atoms with Crippen LogP contribution in [0.4, 0.5) is 0 Å². The maximum atomic E-state index is 12.1. The Balaban J connectivity index is 2.21. The van der Waals surface area contributed by atoms with Crippen molar-refractivity contribution in [3.63, 3.8) is 0 Å². The molecule has 19 heavy (non-hydrogen) atoms. The molecule has 0 aliphatic rings. The van der Waals surface area contributed by atoms with Gasteiger partial charge in [-0.1, -0.05) is 11.6 Å². The number of hydrogen-bond donors (Lipinski definition) is 2. The maximum absolute atomic E-state index is 12.1. The van der Waals surface area contributed by atoms with Crippen molar-refractivity contribution in [2.45, 2.75) is 13.3 Å².